The molecule has 1 aliphatic heterocycles. The molecule has 1 saturated heterocycles. The van der Waals surface area contributed by atoms with E-state index in [1.165, 1.54) is 40.7 Å². The van der Waals surface area contributed by atoms with Crippen molar-refractivity contribution in [2.45, 2.75) is 43.4 Å². The van der Waals surface area contributed by atoms with Gasteiger partial charge in [0.25, 0.3) is 0 Å². The van der Waals surface area contributed by atoms with Gasteiger partial charge in [-0.3, -0.25) is 10.1 Å². The minimum Gasteiger partial charge on any atom is -0.379 e. The molecular formula is C26H31F3N4O4S. The number of rotatable bonds is 10. The Hall–Kier alpha value is -2.98. The Kier molecular flexibility index (Phi) is 9.89. The zero-order valence-electron chi connectivity index (χ0n) is 21.2. The molecule has 2 aromatic carbocycles. The SMILES string of the molecule is CC(C)C[C@@H](NC(c1ccc(-c2ccc(S(=O)(=O)N3CCOCC3)cc2)cc1)C(F)(F)F)C(=O)NCC#N. The van der Waals surface area contributed by atoms with Crippen molar-refractivity contribution in [1.82, 2.24) is 14.9 Å². The highest BCUT2D eigenvalue weighted by Crippen LogP contribution is 2.35. The maximum absolute atomic E-state index is 14.0. The minimum atomic E-state index is -4.68. The number of nitrogens with zero attached hydrogens (tertiary/aromatic N) is 2. The molecule has 12 heteroatoms. The average molecular weight is 553 g/mol. The smallest absolute Gasteiger partial charge is 0.379 e. The first kappa shape index (κ1) is 29.6. The van der Waals surface area contributed by atoms with E-state index in [1.807, 2.05) is 0 Å². The summed E-state index contributed by atoms with van der Waals surface area (Å²) in [4.78, 5) is 12.6. The van der Waals surface area contributed by atoms with Gasteiger partial charge in [0.05, 0.1) is 30.2 Å². The molecule has 38 heavy (non-hydrogen) atoms. The van der Waals surface area contributed by atoms with E-state index in [0.29, 0.717) is 24.3 Å². The number of hydrogen-bond donors (Lipinski definition) is 2. The fraction of sp³-hybridized carbons (Fsp3) is 0.462. The molecular weight excluding hydrogens is 521 g/mol. The number of amides is 1. The van der Waals surface area contributed by atoms with Gasteiger partial charge in [0.1, 0.15) is 12.6 Å². The third-order valence-corrected chi connectivity index (χ3v) is 8.01. The molecule has 0 bridgehead atoms. The fourth-order valence-corrected chi connectivity index (χ4v) is 5.58. The molecule has 1 amide bonds. The van der Waals surface area contributed by atoms with Crippen LogP contribution in [0.15, 0.2) is 53.4 Å². The summed E-state index contributed by atoms with van der Waals surface area (Å²) in [5.74, 6) is -0.732. The van der Waals surface area contributed by atoms with Gasteiger partial charge in [-0.05, 0) is 41.2 Å². The molecule has 1 aliphatic rings. The first-order valence-electron chi connectivity index (χ1n) is 12.2. The molecule has 1 unspecified atom stereocenters. The van der Waals surface area contributed by atoms with E-state index in [2.05, 4.69) is 10.6 Å². The quantitative estimate of drug-likeness (QED) is 0.436. The van der Waals surface area contributed by atoms with Crippen molar-refractivity contribution in [1.29, 1.82) is 5.26 Å². The number of sulfonamides is 1. The van der Waals surface area contributed by atoms with Crippen LogP contribution < -0.4 is 10.6 Å². The first-order chi connectivity index (χ1) is 17.9. The van der Waals surface area contributed by atoms with Crippen molar-refractivity contribution in [2.75, 3.05) is 32.8 Å². The van der Waals surface area contributed by atoms with Crippen LogP contribution in [0.1, 0.15) is 31.9 Å². The summed E-state index contributed by atoms with van der Waals surface area (Å²) in [6.45, 7) is 4.51. The summed E-state index contributed by atoms with van der Waals surface area (Å²) >= 11 is 0. The molecule has 1 heterocycles. The van der Waals surface area contributed by atoms with Crippen molar-refractivity contribution in [2.24, 2.45) is 5.92 Å². The zero-order valence-corrected chi connectivity index (χ0v) is 22.0. The molecule has 2 atom stereocenters. The van der Waals surface area contributed by atoms with Gasteiger partial charge in [0.2, 0.25) is 15.9 Å². The summed E-state index contributed by atoms with van der Waals surface area (Å²) in [7, 11) is -3.66. The predicted molar refractivity (Wildman–Crippen MR) is 135 cm³/mol. The second kappa shape index (κ2) is 12.7. The lowest BCUT2D eigenvalue weighted by molar-refractivity contribution is -0.161. The summed E-state index contributed by atoms with van der Waals surface area (Å²) in [6, 6.07) is 10.4. The maximum atomic E-state index is 14.0. The van der Waals surface area contributed by atoms with Crippen molar-refractivity contribution in [3.8, 4) is 17.2 Å². The molecule has 206 valence electrons. The normalized spacial score (nSPS) is 16.6. The number of carbonyl (C=O) groups is 1. The first-order valence-corrected chi connectivity index (χ1v) is 13.6. The molecule has 2 aromatic rings. The third kappa shape index (κ3) is 7.54. The Morgan fingerprint density at radius 3 is 2.11 bits per heavy atom. The minimum absolute atomic E-state index is 0.0633. The van der Waals surface area contributed by atoms with Gasteiger partial charge in [0, 0.05) is 13.1 Å². The van der Waals surface area contributed by atoms with Crippen LogP contribution >= 0.6 is 0 Å². The van der Waals surface area contributed by atoms with Crippen LogP contribution in [0.2, 0.25) is 0 Å². The Morgan fingerprint density at radius 2 is 1.61 bits per heavy atom. The van der Waals surface area contributed by atoms with Crippen LogP contribution in [0.4, 0.5) is 13.2 Å². The number of nitrogens with one attached hydrogen (secondary N) is 2. The second-order valence-electron chi connectivity index (χ2n) is 9.36. The highest BCUT2D eigenvalue weighted by molar-refractivity contribution is 7.89. The van der Waals surface area contributed by atoms with Gasteiger partial charge < -0.3 is 10.1 Å². The molecule has 8 nitrogen and oxygen atoms in total. The Balaban J connectivity index is 1.80. The van der Waals surface area contributed by atoms with Gasteiger partial charge in [0.15, 0.2) is 0 Å². The van der Waals surface area contributed by atoms with Gasteiger partial charge in [-0.25, -0.2) is 8.42 Å². The zero-order chi connectivity index (χ0) is 27.9. The van der Waals surface area contributed by atoms with E-state index in [1.54, 1.807) is 32.0 Å². The number of morpholine rings is 1. The largest absolute Gasteiger partial charge is 0.407 e. The van der Waals surface area contributed by atoms with Crippen molar-refractivity contribution in [3.63, 3.8) is 0 Å². The number of hydrogen-bond acceptors (Lipinski definition) is 6. The van der Waals surface area contributed by atoms with Crippen molar-refractivity contribution >= 4 is 15.9 Å². The molecule has 0 radical (unpaired) electrons. The van der Waals surface area contributed by atoms with Gasteiger partial charge in [-0.2, -0.15) is 22.7 Å². The molecule has 1 fully saturated rings. The summed E-state index contributed by atoms with van der Waals surface area (Å²) in [5.41, 5.74) is 1.17. The summed E-state index contributed by atoms with van der Waals surface area (Å²) in [6.07, 6.45) is -4.52. The monoisotopic (exact) mass is 552 g/mol. The van der Waals surface area contributed by atoms with Crippen LogP contribution in [-0.4, -0.2) is 63.7 Å². The van der Waals surface area contributed by atoms with Crippen LogP contribution in [0.5, 0.6) is 0 Å². The number of alkyl halides is 3. The number of carbonyl (C=O) groups excluding carboxylic acids is 1. The van der Waals surface area contributed by atoms with E-state index >= 15 is 0 Å². The fourth-order valence-electron chi connectivity index (χ4n) is 4.18. The van der Waals surface area contributed by atoms with Gasteiger partial charge >= 0.3 is 6.18 Å². The lowest BCUT2D eigenvalue weighted by Crippen LogP contribution is -2.49. The molecule has 2 N–H and O–H groups in total. The van der Waals surface area contributed by atoms with Crippen molar-refractivity contribution < 1.29 is 31.1 Å². The third-order valence-electron chi connectivity index (χ3n) is 6.10. The van der Waals surface area contributed by atoms with Gasteiger partial charge in [-0.15, -0.1) is 0 Å². The molecule has 0 spiro atoms. The summed E-state index contributed by atoms with van der Waals surface area (Å²) in [5, 5.41) is 13.5. The van der Waals surface area contributed by atoms with Crippen molar-refractivity contribution in [3.05, 3.63) is 54.1 Å². The van der Waals surface area contributed by atoms with E-state index < -0.39 is 34.2 Å². The predicted octanol–water partition coefficient (Wildman–Crippen LogP) is 3.62. The average Bonchev–Trinajstić information content (AvgIpc) is 2.89. The Morgan fingerprint density at radius 1 is 1.05 bits per heavy atom. The topological polar surface area (TPSA) is 112 Å². The van der Waals surface area contributed by atoms with E-state index in [4.69, 9.17) is 10.00 Å². The van der Waals surface area contributed by atoms with Crippen LogP contribution in [0, 0.1) is 17.2 Å². The van der Waals surface area contributed by atoms with E-state index in [-0.39, 0.29) is 42.4 Å². The highest BCUT2D eigenvalue weighted by atomic mass is 32.2. The number of ether oxygens (including phenoxy) is 1. The lowest BCUT2D eigenvalue weighted by atomic mass is 9.97. The Labute approximate surface area is 220 Å². The summed E-state index contributed by atoms with van der Waals surface area (Å²) < 4.78 is 74.3. The second-order valence-corrected chi connectivity index (χ2v) is 11.3. The Bertz CT molecular complexity index is 1220. The number of benzene rings is 2. The number of halogens is 3. The maximum Gasteiger partial charge on any atom is 0.407 e. The molecule has 3 rings (SSSR count). The standard InChI is InChI=1S/C26H31F3N4O4S/c1-18(2)17-23(25(34)31-12-11-30)32-24(26(27,28)29)21-5-3-19(4-6-21)20-7-9-22(10-8-20)38(35,36)33-13-15-37-16-14-33/h3-10,18,23-24,32H,12-17H2,1-2H3,(H,31,34)/t23-,24?/m1/s1. The molecule has 0 saturated carbocycles. The highest BCUT2D eigenvalue weighted by Gasteiger charge is 2.43. The van der Waals surface area contributed by atoms with E-state index in [0.717, 1.165) is 0 Å². The lowest BCUT2D eigenvalue weighted by Gasteiger charge is -2.28. The van der Waals surface area contributed by atoms with Crippen LogP contribution in [0.3, 0.4) is 0 Å². The van der Waals surface area contributed by atoms with Crippen LogP contribution in [-0.2, 0) is 19.6 Å². The molecule has 0 aliphatic carbocycles. The van der Waals surface area contributed by atoms with E-state index in [9.17, 15) is 26.4 Å². The number of nitriles is 1. The van der Waals surface area contributed by atoms with Gasteiger partial charge in [-0.1, -0.05) is 50.2 Å². The molecule has 0 aromatic heterocycles. The van der Waals surface area contributed by atoms with Crippen LogP contribution in [0.25, 0.3) is 11.1 Å².